The fourth-order valence-electron chi connectivity index (χ4n) is 4.03. The van der Waals surface area contributed by atoms with Crippen LogP contribution in [0, 0.1) is 0 Å². The predicted octanol–water partition coefficient (Wildman–Crippen LogP) is 4.89. The number of carbonyl (C=O) groups is 1. The van der Waals surface area contributed by atoms with Crippen molar-refractivity contribution in [3.05, 3.63) is 71.9 Å². The highest BCUT2D eigenvalue weighted by molar-refractivity contribution is 6.33. The van der Waals surface area contributed by atoms with Gasteiger partial charge in [0, 0.05) is 32.4 Å². The molecule has 152 valence electrons. The SMILES string of the molecule is O=C(Nc1ccccc1Cl)N1CCCN(c2nc3ccccc3n3cccc23)CC1. The van der Waals surface area contributed by atoms with Crippen LogP contribution >= 0.6 is 11.6 Å². The highest BCUT2D eigenvalue weighted by Gasteiger charge is 2.22. The zero-order chi connectivity index (χ0) is 20.5. The van der Waals surface area contributed by atoms with E-state index in [1.54, 1.807) is 6.07 Å². The van der Waals surface area contributed by atoms with Gasteiger partial charge in [-0.15, -0.1) is 0 Å². The van der Waals surface area contributed by atoms with Gasteiger partial charge >= 0.3 is 6.03 Å². The lowest BCUT2D eigenvalue weighted by atomic mass is 10.3. The Balaban J connectivity index is 1.37. The standard InChI is InChI=1S/C23H22ClN5O/c24-17-7-1-2-8-18(17)26-23(30)28-13-6-12-27(15-16-28)22-21-11-5-14-29(21)20-10-4-3-9-19(20)25-22/h1-5,7-11,14H,6,12-13,15-16H2,(H,26,30). The Bertz CT molecular complexity index is 1220. The number of hydrogen-bond donors (Lipinski definition) is 1. The third-order valence-corrected chi connectivity index (χ3v) is 5.87. The maximum atomic E-state index is 12.8. The number of fused-ring (bicyclic) bond motifs is 3. The smallest absolute Gasteiger partial charge is 0.321 e. The summed E-state index contributed by atoms with van der Waals surface area (Å²) < 4.78 is 2.18. The molecule has 1 fully saturated rings. The van der Waals surface area contributed by atoms with Crippen molar-refractivity contribution in [2.75, 3.05) is 36.4 Å². The van der Waals surface area contributed by atoms with Crippen molar-refractivity contribution < 1.29 is 4.79 Å². The second-order valence-corrected chi connectivity index (χ2v) is 7.83. The van der Waals surface area contributed by atoms with Gasteiger partial charge in [-0.1, -0.05) is 35.9 Å². The molecule has 6 nitrogen and oxygen atoms in total. The fourth-order valence-corrected chi connectivity index (χ4v) is 4.21. The average Bonchev–Trinajstić information content (AvgIpc) is 3.13. The van der Waals surface area contributed by atoms with E-state index < -0.39 is 0 Å². The minimum absolute atomic E-state index is 0.121. The van der Waals surface area contributed by atoms with E-state index in [1.165, 1.54) is 0 Å². The summed E-state index contributed by atoms with van der Waals surface area (Å²) in [5, 5.41) is 3.47. The predicted molar refractivity (Wildman–Crippen MR) is 122 cm³/mol. The van der Waals surface area contributed by atoms with Crippen LogP contribution in [0.15, 0.2) is 66.9 Å². The van der Waals surface area contributed by atoms with Crippen molar-refractivity contribution in [1.82, 2.24) is 14.3 Å². The summed E-state index contributed by atoms with van der Waals surface area (Å²) >= 11 is 6.18. The summed E-state index contributed by atoms with van der Waals surface area (Å²) in [6, 6.07) is 19.5. The number of amides is 2. The van der Waals surface area contributed by atoms with Gasteiger partial charge in [0.2, 0.25) is 0 Å². The first kappa shape index (κ1) is 18.8. The van der Waals surface area contributed by atoms with Gasteiger partial charge in [-0.2, -0.15) is 0 Å². The van der Waals surface area contributed by atoms with Crippen molar-refractivity contribution in [2.45, 2.75) is 6.42 Å². The molecule has 5 rings (SSSR count). The molecule has 0 aliphatic carbocycles. The van der Waals surface area contributed by atoms with Crippen LogP contribution in [0.4, 0.5) is 16.3 Å². The molecule has 0 radical (unpaired) electrons. The summed E-state index contributed by atoms with van der Waals surface area (Å²) in [6.07, 6.45) is 2.95. The number of urea groups is 1. The minimum atomic E-state index is -0.121. The summed E-state index contributed by atoms with van der Waals surface area (Å²) in [5.41, 5.74) is 3.78. The van der Waals surface area contributed by atoms with Crippen LogP contribution in [0.25, 0.3) is 16.6 Å². The Morgan fingerprint density at radius 3 is 2.60 bits per heavy atom. The van der Waals surface area contributed by atoms with Gasteiger partial charge < -0.3 is 19.5 Å². The van der Waals surface area contributed by atoms with Crippen LogP contribution in [0.5, 0.6) is 0 Å². The monoisotopic (exact) mass is 419 g/mol. The number of rotatable bonds is 2. The third-order valence-electron chi connectivity index (χ3n) is 5.54. The van der Waals surface area contributed by atoms with Crippen LogP contribution in [0.2, 0.25) is 5.02 Å². The molecule has 1 saturated heterocycles. The molecule has 0 saturated carbocycles. The topological polar surface area (TPSA) is 52.9 Å². The van der Waals surface area contributed by atoms with Crippen molar-refractivity contribution in [3.63, 3.8) is 0 Å². The van der Waals surface area contributed by atoms with Crippen LogP contribution in [-0.4, -0.2) is 46.5 Å². The number of para-hydroxylation sites is 3. The quantitative estimate of drug-likeness (QED) is 0.503. The summed E-state index contributed by atoms with van der Waals surface area (Å²) in [5.74, 6) is 0.965. The van der Waals surface area contributed by atoms with Gasteiger partial charge in [0.15, 0.2) is 5.82 Å². The second kappa shape index (κ2) is 7.88. The lowest BCUT2D eigenvalue weighted by Gasteiger charge is -2.24. The van der Waals surface area contributed by atoms with E-state index in [9.17, 15) is 4.79 Å². The number of carbonyl (C=O) groups excluding carboxylic acids is 1. The number of benzene rings is 2. The molecule has 2 amide bonds. The van der Waals surface area contributed by atoms with E-state index in [0.717, 1.165) is 41.9 Å². The molecule has 1 aliphatic heterocycles. The molecule has 2 aromatic carbocycles. The van der Waals surface area contributed by atoms with Gasteiger partial charge in [-0.3, -0.25) is 0 Å². The molecule has 0 bridgehead atoms. The van der Waals surface area contributed by atoms with Crippen molar-refractivity contribution >= 4 is 45.7 Å². The summed E-state index contributed by atoms with van der Waals surface area (Å²) in [6.45, 7) is 2.89. The largest absolute Gasteiger partial charge is 0.353 e. The van der Waals surface area contributed by atoms with E-state index in [1.807, 2.05) is 47.4 Å². The third kappa shape index (κ3) is 3.44. The number of nitrogens with one attached hydrogen (secondary N) is 1. The van der Waals surface area contributed by atoms with Crippen molar-refractivity contribution in [3.8, 4) is 0 Å². The van der Waals surface area contributed by atoms with Gasteiger partial charge in [-0.05, 0) is 42.8 Å². The fraction of sp³-hybridized carbons (Fsp3) is 0.217. The maximum Gasteiger partial charge on any atom is 0.321 e. The molecule has 0 unspecified atom stereocenters. The molecule has 30 heavy (non-hydrogen) atoms. The highest BCUT2D eigenvalue weighted by atomic mass is 35.5. The van der Waals surface area contributed by atoms with Crippen LogP contribution in [0.3, 0.4) is 0 Å². The molecule has 7 heteroatoms. The van der Waals surface area contributed by atoms with Crippen LogP contribution in [0.1, 0.15) is 6.42 Å². The van der Waals surface area contributed by atoms with E-state index in [2.05, 4.69) is 32.9 Å². The first-order valence-corrected chi connectivity index (χ1v) is 10.5. The number of hydrogen-bond acceptors (Lipinski definition) is 3. The Labute approximate surface area is 179 Å². The maximum absolute atomic E-state index is 12.8. The highest BCUT2D eigenvalue weighted by Crippen LogP contribution is 2.26. The summed E-state index contributed by atoms with van der Waals surface area (Å²) in [7, 11) is 0. The van der Waals surface area contributed by atoms with Crippen LogP contribution < -0.4 is 10.2 Å². The van der Waals surface area contributed by atoms with E-state index in [4.69, 9.17) is 16.6 Å². The van der Waals surface area contributed by atoms with E-state index in [-0.39, 0.29) is 6.03 Å². The molecule has 1 N–H and O–H groups in total. The number of halogens is 1. The number of nitrogens with zero attached hydrogens (tertiary/aromatic N) is 4. The van der Waals surface area contributed by atoms with Crippen molar-refractivity contribution in [1.29, 1.82) is 0 Å². The first-order valence-electron chi connectivity index (χ1n) is 10.1. The normalized spacial score (nSPS) is 14.8. The molecule has 2 aromatic heterocycles. The first-order chi connectivity index (χ1) is 14.7. The molecular formula is C23H22ClN5O. The Morgan fingerprint density at radius 1 is 0.900 bits per heavy atom. The van der Waals surface area contributed by atoms with Gasteiger partial charge in [0.05, 0.1) is 27.3 Å². The lowest BCUT2D eigenvalue weighted by Crippen LogP contribution is -2.38. The Kier molecular flexibility index (Phi) is 4.93. The lowest BCUT2D eigenvalue weighted by molar-refractivity contribution is 0.215. The molecular weight excluding hydrogens is 398 g/mol. The zero-order valence-corrected chi connectivity index (χ0v) is 17.2. The van der Waals surface area contributed by atoms with E-state index in [0.29, 0.717) is 23.8 Å². The molecule has 0 atom stereocenters. The molecule has 3 heterocycles. The average molecular weight is 420 g/mol. The Hall–Kier alpha value is -3.25. The molecule has 0 spiro atoms. The number of aromatic nitrogens is 2. The minimum Gasteiger partial charge on any atom is -0.353 e. The molecule has 1 aliphatic rings. The van der Waals surface area contributed by atoms with Gasteiger partial charge in [0.1, 0.15) is 0 Å². The summed E-state index contributed by atoms with van der Waals surface area (Å²) in [4.78, 5) is 21.9. The van der Waals surface area contributed by atoms with Crippen LogP contribution in [-0.2, 0) is 0 Å². The second-order valence-electron chi connectivity index (χ2n) is 7.43. The van der Waals surface area contributed by atoms with Gasteiger partial charge in [0.25, 0.3) is 0 Å². The molecule has 4 aromatic rings. The number of anilines is 2. The van der Waals surface area contributed by atoms with Gasteiger partial charge in [-0.25, -0.2) is 9.78 Å². The zero-order valence-electron chi connectivity index (χ0n) is 16.5. The van der Waals surface area contributed by atoms with E-state index >= 15 is 0 Å². The Morgan fingerprint density at radius 2 is 1.70 bits per heavy atom. The van der Waals surface area contributed by atoms with Crippen molar-refractivity contribution in [2.24, 2.45) is 0 Å².